The average molecular weight is 412 g/mol. The van der Waals surface area contributed by atoms with Crippen molar-refractivity contribution in [1.82, 2.24) is 15.2 Å². The van der Waals surface area contributed by atoms with E-state index in [0.717, 1.165) is 19.6 Å². The number of morpholine rings is 1. The van der Waals surface area contributed by atoms with Crippen molar-refractivity contribution in [2.45, 2.75) is 12.6 Å². The number of halogens is 1. The van der Waals surface area contributed by atoms with Crippen LogP contribution in [0.5, 0.6) is 0 Å². The number of hydrogen-bond donors (Lipinski definition) is 1. The van der Waals surface area contributed by atoms with Crippen LogP contribution in [0.3, 0.4) is 0 Å². The van der Waals surface area contributed by atoms with Crippen molar-refractivity contribution >= 4 is 17.2 Å². The van der Waals surface area contributed by atoms with Crippen LogP contribution >= 0.6 is 11.3 Å². The highest BCUT2D eigenvalue weighted by Gasteiger charge is 2.22. The van der Waals surface area contributed by atoms with Crippen molar-refractivity contribution in [3.05, 3.63) is 77.1 Å². The third kappa shape index (κ3) is 5.06. The van der Waals surface area contributed by atoms with Gasteiger partial charge in [-0.25, -0.2) is 9.37 Å². The van der Waals surface area contributed by atoms with E-state index in [1.54, 1.807) is 18.2 Å². The Morgan fingerprint density at radius 1 is 1.21 bits per heavy atom. The Kier molecular flexibility index (Phi) is 6.29. The fourth-order valence-electron chi connectivity index (χ4n) is 3.32. The van der Waals surface area contributed by atoms with Crippen molar-refractivity contribution in [3.8, 4) is 10.6 Å². The molecule has 1 atom stereocenters. The lowest BCUT2D eigenvalue weighted by Gasteiger charge is -2.33. The number of aromatic nitrogens is 1. The number of nitrogens with zero attached hydrogens (tertiary/aromatic N) is 2. The van der Waals surface area contributed by atoms with Gasteiger partial charge >= 0.3 is 0 Å². The number of benzene rings is 2. The summed E-state index contributed by atoms with van der Waals surface area (Å²) in [6, 6.07) is 16.7. The SMILES string of the molecule is O=C(NCC1CN(Cc2ccccc2)CCO1)c1cnc(-c2ccccc2F)s1. The smallest absolute Gasteiger partial charge is 0.263 e. The van der Waals surface area contributed by atoms with Gasteiger partial charge in [0.05, 0.1) is 18.9 Å². The topological polar surface area (TPSA) is 54.5 Å². The quantitative estimate of drug-likeness (QED) is 0.674. The molecule has 0 spiro atoms. The minimum atomic E-state index is -0.345. The van der Waals surface area contributed by atoms with Gasteiger partial charge in [-0.3, -0.25) is 9.69 Å². The van der Waals surface area contributed by atoms with Crippen LogP contribution in [0.1, 0.15) is 15.2 Å². The summed E-state index contributed by atoms with van der Waals surface area (Å²) in [5.41, 5.74) is 1.67. The molecule has 2 heterocycles. The predicted octanol–water partition coefficient (Wildman–Crippen LogP) is 3.58. The van der Waals surface area contributed by atoms with Crippen molar-refractivity contribution in [2.75, 3.05) is 26.2 Å². The summed E-state index contributed by atoms with van der Waals surface area (Å²) < 4.78 is 19.7. The number of ether oxygens (including phenoxy) is 1. The Balaban J connectivity index is 1.31. The Bertz CT molecular complexity index is 963. The molecule has 1 fully saturated rings. The van der Waals surface area contributed by atoms with Gasteiger partial charge in [0.1, 0.15) is 15.7 Å². The number of nitrogens with one attached hydrogen (secondary N) is 1. The predicted molar refractivity (Wildman–Crippen MR) is 111 cm³/mol. The van der Waals surface area contributed by atoms with Crippen LogP contribution in [0, 0.1) is 5.82 Å². The van der Waals surface area contributed by atoms with Crippen molar-refractivity contribution < 1.29 is 13.9 Å². The zero-order valence-corrected chi connectivity index (χ0v) is 16.7. The molecule has 1 aliphatic rings. The maximum absolute atomic E-state index is 13.9. The van der Waals surface area contributed by atoms with Crippen LogP contribution in [0.25, 0.3) is 10.6 Å². The maximum atomic E-state index is 13.9. The van der Waals surface area contributed by atoms with Crippen LogP contribution in [-0.2, 0) is 11.3 Å². The Morgan fingerprint density at radius 2 is 2.00 bits per heavy atom. The largest absolute Gasteiger partial charge is 0.374 e. The van der Waals surface area contributed by atoms with Crippen LogP contribution in [0.15, 0.2) is 60.8 Å². The highest BCUT2D eigenvalue weighted by Crippen LogP contribution is 2.27. The summed E-state index contributed by atoms with van der Waals surface area (Å²) >= 11 is 1.18. The van der Waals surface area contributed by atoms with E-state index in [0.29, 0.717) is 28.6 Å². The van der Waals surface area contributed by atoms with Gasteiger partial charge < -0.3 is 10.1 Å². The second-order valence-electron chi connectivity index (χ2n) is 6.93. The van der Waals surface area contributed by atoms with Gasteiger partial charge in [0.25, 0.3) is 5.91 Å². The van der Waals surface area contributed by atoms with E-state index in [9.17, 15) is 9.18 Å². The first kappa shape index (κ1) is 19.7. The normalized spacial score (nSPS) is 17.2. The highest BCUT2D eigenvalue weighted by molar-refractivity contribution is 7.16. The molecule has 0 radical (unpaired) electrons. The van der Waals surface area contributed by atoms with Crippen molar-refractivity contribution in [3.63, 3.8) is 0 Å². The van der Waals surface area contributed by atoms with E-state index >= 15 is 0 Å². The third-order valence-electron chi connectivity index (χ3n) is 4.80. The first-order chi connectivity index (χ1) is 14.2. The second kappa shape index (κ2) is 9.26. The van der Waals surface area contributed by atoms with Crippen LogP contribution in [0.4, 0.5) is 4.39 Å². The molecule has 2 aromatic carbocycles. The van der Waals surface area contributed by atoms with Crippen molar-refractivity contribution in [2.24, 2.45) is 0 Å². The van der Waals surface area contributed by atoms with E-state index in [1.807, 2.05) is 18.2 Å². The molecule has 1 aliphatic heterocycles. The van der Waals surface area contributed by atoms with E-state index < -0.39 is 0 Å². The average Bonchev–Trinajstić information content (AvgIpc) is 3.23. The Morgan fingerprint density at radius 3 is 2.83 bits per heavy atom. The molecule has 3 aromatic rings. The number of carbonyl (C=O) groups is 1. The van der Waals surface area contributed by atoms with Gasteiger partial charge in [0, 0.05) is 31.7 Å². The van der Waals surface area contributed by atoms with Crippen LogP contribution in [0.2, 0.25) is 0 Å². The van der Waals surface area contributed by atoms with Crippen LogP contribution in [-0.4, -0.2) is 48.1 Å². The summed E-state index contributed by atoms with van der Waals surface area (Å²) in [6.45, 7) is 3.58. The van der Waals surface area contributed by atoms with Gasteiger partial charge in [0.15, 0.2) is 0 Å². The lowest BCUT2D eigenvalue weighted by molar-refractivity contribution is -0.0292. The third-order valence-corrected chi connectivity index (χ3v) is 5.83. The standard InChI is InChI=1S/C22H22FN3O2S/c23-19-9-5-4-8-18(19)22-25-13-20(29-22)21(27)24-12-17-15-26(10-11-28-17)14-16-6-2-1-3-7-16/h1-9,13,17H,10-12,14-15H2,(H,24,27). The number of amides is 1. The molecule has 150 valence electrons. The molecule has 1 saturated heterocycles. The molecule has 0 aliphatic carbocycles. The highest BCUT2D eigenvalue weighted by atomic mass is 32.1. The first-order valence-corrected chi connectivity index (χ1v) is 10.4. The molecule has 29 heavy (non-hydrogen) atoms. The molecular formula is C22H22FN3O2S. The number of hydrogen-bond acceptors (Lipinski definition) is 5. The van der Waals surface area contributed by atoms with Gasteiger partial charge in [-0.1, -0.05) is 42.5 Å². The van der Waals surface area contributed by atoms with E-state index in [1.165, 1.54) is 29.2 Å². The molecule has 7 heteroatoms. The molecular weight excluding hydrogens is 389 g/mol. The summed E-state index contributed by atoms with van der Waals surface area (Å²) in [5, 5.41) is 3.42. The fourth-order valence-corrected chi connectivity index (χ4v) is 4.18. The molecule has 1 amide bonds. The monoisotopic (exact) mass is 411 g/mol. The first-order valence-electron chi connectivity index (χ1n) is 9.56. The van der Waals surface area contributed by atoms with E-state index in [2.05, 4.69) is 27.3 Å². The fraction of sp³-hybridized carbons (Fsp3) is 0.273. The molecule has 1 aromatic heterocycles. The van der Waals surface area contributed by atoms with Gasteiger partial charge in [0.2, 0.25) is 0 Å². The minimum absolute atomic E-state index is 0.0598. The van der Waals surface area contributed by atoms with Crippen molar-refractivity contribution in [1.29, 1.82) is 0 Å². The molecule has 0 saturated carbocycles. The van der Waals surface area contributed by atoms with Gasteiger partial charge in [-0.2, -0.15) is 0 Å². The summed E-state index contributed by atoms with van der Waals surface area (Å²) in [7, 11) is 0. The summed E-state index contributed by atoms with van der Waals surface area (Å²) in [6.07, 6.45) is 1.43. The summed E-state index contributed by atoms with van der Waals surface area (Å²) in [4.78, 5) is 19.5. The molecule has 4 rings (SSSR count). The Hall–Kier alpha value is -2.61. The Labute approximate surface area is 173 Å². The van der Waals surface area contributed by atoms with Crippen LogP contribution < -0.4 is 5.32 Å². The lowest BCUT2D eigenvalue weighted by atomic mass is 10.2. The molecule has 0 bridgehead atoms. The zero-order valence-electron chi connectivity index (χ0n) is 15.9. The van der Waals surface area contributed by atoms with E-state index in [4.69, 9.17) is 4.74 Å². The zero-order chi connectivity index (χ0) is 20.1. The molecule has 1 N–H and O–H groups in total. The minimum Gasteiger partial charge on any atom is -0.374 e. The number of thiazole rings is 1. The summed E-state index contributed by atoms with van der Waals surface area (Å²) in [5.74, 6) is -0.559. The molecule has 5 nitrogen and oxygen atoms in total. The second-order valence-corrected chi connectivity index (χ2v) is 7.96. The molecule has 1 unspecified atom stereocenters. The lowest BCUT2D eigenvalue weighted by Crippen LogP contribution is -2.47. The number of carbonyl (C=O) groups excluding carboxylic acids is 1. The maximum Gasteiger partial charge on any atom is 0.263 e. The van der Waals surface area contributed by atoms with Gasteiger partial charge in [-0.05, 0) is 17.7 Å². The number of rotatable bonds is 6. The van der Waals surface area contributed by atoms with E-state index in [-0.39, 0.29) is 17.8 Å². The van der Waals surface area contributed by atoms with Gasteiger partial charge in [-0.15, -0.1) is 11.3 Å².